The molecule has 9 nitrogen and oxygen atoms in total. The van der Waals surface area contributed by atoms with Crippen LogP contribution in [0, 0.1) is 5.92 Å². The van der Waals surface area contributed by atoms with Gasteiger partial charge in [0.05, 0.1) is 17.7 Å². The number of aromatic amines is 1. The van der Waals surface area contributed by atoms with Crippen LogP contribution in [0.5, 0.6) is 0 Å². The van der Waals surface area contributed by atoms with Gasteiger partial charge in [-0.05, 0) is 44.7 Å². The molecule has 1 aromatic heterocycles. The van der Waals surface area contributed by atoms with Crippen molar-refractivity contribution < 1.29 is 14.4 Å². The summed E-state index contributed by atoms with van der Waals surface area (Å²) < 4.78 is 0. The molecule has 2 aromatic rings. The Kier molecular flexibility index (Phi) is 5.17. The van der Waals surface area contributed by atoms with Crippen molar-refractivity contribution in [3.8, 4) is 0 Å². The maximum atomic E-state index is 14.3. The average molecular weight is 463 g/mol. The van der Waals surface area contributed by atoms with Crippen LogP contribution in [0.4, 0.5) is 5.69 Å². The van der Waals surface area contributed by atoms with Crippen molar-refractivity contribution in [2.45, 2.75) is 43.7 Å². The number of nitrogens with zero attached hydrogens (tertiary/aromatic N) is 4. The molecule has 5 heterocycles. The van der Waals surface area contributed by atoms with E-state index in [4.69, 9.17) is 0 Å². The smallest absolute Gasteiger partial charge is 0.257 e. The SMILES string of the molecule is O=C1NCCCN(C(=O)c2cn[nH]c2)CCCN2C(=O)[C@@]3(c4ccccc42)[C@H]1C[C@@H]1CCCN13. The second-order valence-corrected chi connectivity index (χ2v) is 9.80. The molecule has 3 amide bonds. The molecule has 0 saturated carbocycles. The molecule has 178 valence electrons. The van der Waals surface area contributed by atoms with Crippen LogP contribution in [-0.4, -0.2) is 76.5 Å². The molecule has 4 aliphatic rings. The largest absolute Gasteiger partial charge is 0.356 e. The average Bonchev–Trinajstić information content (AvgIpc) is 3.62. The highest BCUT2D eigenvalue weighted by molar-refractivity contribution is 6.11. The van der Waals surface area contributed by atoms with Gasteiger partial charge in [0.2, 0.25) is 5.91 Å². The second kappa shape index (κ2) is 8.23. The Balaban J connectivity index is 1.37. The third-order valence-electron chi connectivity index (χ3n) is 8.08. The summed E-state index contributed by atoms with van der Waals surface area (Å²) in [5.41, 5.74) is 1.47. The third kappa shape index (κ3) is 3.02. The minimum Gasteiger partial charge on any atom is -0.356 e. The number of fused-ring (bicyclic) bond motifs is 4. The number of hydrogen-bond acceptors (Lipinski definition) is 5. The van der Waals surface area contributed by atoms with Gasteiger partial charge in [-0.1, -0.05) is 18.2 Å². The van der Waals surface area contributed by atoms with Crippen molar-refractivity contribution in [3.05, 3.63) is 47.8 Å². The summed E-state index contributed by atoms with van der Waals surface area (Å²) in [7, 11) is 0. The van der Waals surface area contributed by atoms with E-state index in [1.165, 1.54) is 6.20 Å². The van der Waals surface area contributed by atoms with Gasteiger partial charge in [0.15, 0.2) is 0 Å². The number of carbonyl (C=O) groups is 3. The summed E-state index contributed by atoms with van der Waals surface area (Å²) in [6, 6.07) is 8.24. The predicted molar refractivity (Wildman–Crippen MR) is 125 cm³/mol. The third-order valence-corrected chi connectivity index (χ3v) is 8.08. The van der Waals surface area contributed by atoms with Gasteiger partial charge in [0.25, 0.3) is 11.8 Å². The fourth-order valence-electron chi connectivity index (χ4n) is 6.67. The number of anilines is 1. The zero-order chi connectivity index (χ0) is 23.3. The fraction of sp³-hybridized carbons (Fsp3) is 0.520. The Morgan fingerprint density at radius 3 is 2.76 bits per heavy atom. The van der Waals surface area contributed by atoms with Crippen molar-refractivity contribution >= 4 is 23.4 Å². The van der Waals surface area contributed by atoms with Gasteiger partial charge in [-0.3, -0.25) is 24.4 Å². The van der Waals surface area contributed by atoms with E-state index in [1.807, 2.05) is 29.2 Å². The van der Waals surface area contributed by atoms with Crippen LogP contribution in [0.25, 0.3) is 0 Å². The number of amides is 3. The molecular weight excluding hydrogens is 432 g/mol. The summed E-state index contributed by atoms with van der Waals surface area (Å²) in [6.07, 6.45) is 7.26. The molecule has 1 spiro atoms. The van der Waals surface area contributed by atoms with Crippen LogP contribution in [0.2, 0.25) is 0 Å². The number of hydrogen-bond donors (Lipinski definition) is 2. The zero-order valence-electron chi connectivity index (χ0n) is 19.2. The summed E-state index contributed by atoms with van der Waals surface area (Å²) in [5.74, 6) is -0.520. The first-order chi connectivity index (χ1) is 16.6. The molecule has 6 rings (SSSR count). The summed E-state index contributed by atoms with van der Waals surface area (Å²) >= 11 is 0. The van der Waals surface area contributed by atoms with Crippen molar-refractivity contribution in [1.29, 1.82) is 0 Å². The van der Waals surface area contributed by atoms with Crippen molar-refractivity contribution in [2.24, 2.45) is 5.92 Å². The number of nitrogens with one attached hydrogen (secondary N) is 2. The van der Waals surface area contributed by atoms with E-state index in [0.717, 1.165) is 30.6 Å². The second-order valence-electron chi connectivity index (χ2n) is 9.80. The molecule has 34 heavy (non-hydrogen) atoms. The van der Waals surface area contributed by atoms with Crippen molar-refractivity contribution in [1.82, 2.24) is 25.3 Å². The van der Waals surface area contributed by atoms with Gasteiger partial charge in [-0.2, -0.15) is 5.10 Å². The first kappa shape index (κ1) is 21.3. The predicted octanol–water partition coefficient (Wildman–Crippen LogP) is 1.49. The molecular formula is C25H30N6O3. The highest BCUT2D eigenvalue weighted by Crippen LogP contribution is 2.57. The molecule has 2 bridgehead atoms. The Morgan fingerprint density at radius 2 is 1.91 bits per heavy atom. The number of aromatic nitrogens is 2. The van der Waals surface area contributed by atoms with E-state index in [-0.39, 0.29) is 23.8 Å². The van der Waals surface area contributed by atoms with Gasteiger partial charge < -0.3 is 15.1 Å². The van der Waals surface area contributed by atoms with Crippen LogP contribution in [-0.2, 0) is 15.1 Å². The molecule has 0 aliphatic carbocycles. The quantitative estimate of drug-likeness (QED) is 0.669. The molecule has 2 N–H and O–H groups in total. The van der Waals surface area contributed by atoms with E-state index < -0.39 is 11.5 Å². The van der Waals surface area contributed by atoms with Gasteiger partial charge in [-0.15, -0.1) is 0 Å². The first-order valence-corrected chi connectivity index (χ1v) is 12.4. The van der Waals surface area contributed by atoms with E-state index in [9.17, 15) is 14.4 Å². The maximum Gasteiger partial charge on any atom is 0.257 e. The number of H-pyrrole nitrogens is 1. The molecule has 1 aromatic carbocycles. The zero-order valence-corrected chi connectivity index (χ0v) is 19.2. The summed E-state index contributed by atoms with van der Waals surface area (Å²) in [4.78, 5) is 46.8. The molecule has 3 atom stereocenters. The minimum atomic E-state index is -0.914. The lowest BCUT2D eigenvalue weighted by Gasteiger charge is -2.37. The number of benzene rings is 1. The molecule has 3 saturated heterocycles. The first-order valence-electron chi connectivity index (χ1n) is 12.4. The van der Waals surface area contributed by atoms with Crippen LogP contribution >= 0.6 is 0 Å². The van der Waals surface area contributed by atoms with Gasteiger partial charge >= 0.3 is 0 Å². The van der Waals surface area contributed by atoms with E-state index in [2.05, 4.69) is 20.4 Å². The highest BCUT2D eigenvalue weighted by atomic mass is 16.2. The molecule has 4 aliphatic heterocycles. The number of para-hydroxylation sites is 1. The topological polar surface area (TPSA) is 102 Å². The lowest BCUT2D eigenvalue weighted by atomic mass is 9.78. The maximum absolute atomic E-state index is 14.3. The number of rotatable bonds is 1. The lowest BCUT2D eigenvalue weighted by Crippen LogP contribution is -2.56. The Bertz CT molecular complexity index is 1120. The van der Waals surface area contributed by atoms with Gasteiger partial charge in [-0.25, -0.2) is 0 Å². The van der Waals surface area contributed by atoms with Crippen LogP contribution in [0.15, 0.2) is 36.7 Å². The summed E-state index contributed by atoms with van der Waals surface area (Å²) in [5, 5.41) is 9.71. The Morgan fingerprint density at radius 1 is 1.06 bits per heavy atom. The van der Waals surface area contributed by atoms with E-state index in [1.54, 1.807) is 11.1 Å². The molecule has 9 heteroatoms. The van der Waals surface area contributed by atoms with Gasteiger partial charge in [0.1, 0.15) is 5.54 Å². The monoisotopic (exact) mass is 462 g/mol. The lowest BCUT2D eigenvalue weighted by molar-refractivity contribution is -0.138. The highest BCUT2D eigenvalue weighted by Gasteiger charge is 2.66. The van der Waals surface area contributed by atoms with Gasteiger partial charge in [0, 0.05) is 49.7 Å². The van der Waals surface area contributed by atoms with Crippen LogP contribution in [0.1, 0.15) is 48.0 Å². The van der Waals surface area contributed by atoms with E-state index in [0.29, 0.717) is 51.0 Å². The van der Waals surface area contributed by atoms with E-state index >= 15 is 0 Å². The Hall–Kier alpha value is -3.20. The Labute approximate surface area is 198 Å². The molecule has 3 fully saturated rings. The van der Waals surface area contributed by atoms with Crippen LogP contribution < -0.4 is 10.2 Å². The van der Waals surface area contributed by atoms with Crippen molar-refractivity contribution in [2.75, 3.05) is 37.6 Å². The normalized spacial score (nSPS) is 29.5. The fourth-order valence-corrected chi connectivity index (χ4v) is 6.67. The molecule has 0 unspecified atom stereocenters. The van der Waals surface area contributed by atoms with Crippen LogP contribution in [0.3, 0.4) is 0 Å². The summed E-state index contributed by atoms with van der Waals surface area (Å²) in [6.45, 7) is 2.91. The molecule has 0 radical (unpaired) electrons. The number of carbonyl (C=O) groups excluding carboxylic acids is 3. The minimum absolute atomic E-state index is 0.0187. The standard InChI is InChI=1S/C25H30N6O3/c32-22-20-14-18-6-3-13-31(18)25(20)19-7-1-2-8-21(19)30(24(25)34)12-5-11-29(10-4-9-26-22)23(33)17-15-27-28-16-17/h1-2,7-8,15-16,18,20H,3-6,9-14H2,(H,26,32)(H,27,28)/t18-,20-,25+/m0/s1. The van der Waals surface area contributed by atoms with Crippen molar-refractivity contribution in [3.63, 3.8) is 0 Å².